The van der Waals surface area contributed by atoms with Gasteiger partial charge in [0.25, 0.3) is 0 Å². The Morgan fingerprint density at radius 2 is 1.82 bits per heavy atom. The molecule has 1 heterocycles. The molecule has 1 N–H and O–H groups in total. The third-order valence-electron chi connectivity index (χ3n) is 3.37. The topological polar surface area (TPSA) is 72.1 Å². The summed E-state index contributed by atoms with van der Waals surface area (Å²) < 4.78 is 5.07. The van der Waals surface area contributed by atoms with E-state index in [4.69, 9.17) is 4.74 Å². The van der Waals surface area contributed by atoms with Crippen molar-refractivity contribution in [1.82, 2.24) is 10.2 Å². The number of rotatable bonds is 4. The average Bonchev–Trinajstić information content (AvgIpc) is 2.97. The Bertz CT molecular complexity index is 834. The Hall–Kier alpha value is -2.95. The number of aromatic amines is 1. The SMILES string of the molecule is Cc1ccc(C(=O)COC(=O)c2n[nH]c3ccccc23)cc1. The van der Waals surface area contributed by atoms with Crippen LogP contribution < -0.4 is 0 Å². The Balaban J connectivity index is 1.70. The van der Waals surface area contributed by atoms with E-state index in [-0.39, 0.29) is 18.1 Å². The predicted octanol–water partition coefficient (Wildman–Crippen LogP) is 2.91. The number of hydrogen-bond acceptors (Lipinski definition) is 4. The molecule has 0 bridgehead atoms. The van der Waals surface area contributed by atoms with Gasteiger partial charge in [0, 0.05) is 10.9 Å². The molecule has 0 radical (unpaired) electrons. The molecule has 5 heteroatoms. The van der Waals surface area contributed by atoms with Crippen LogP contribution in [-0.4, -0.2) is 28.6 Å². The summed E-state index contributed by atoms with van der Waals surface area (Å²) in [5.74, 6) is -0.855. The molecule has 0 amide bonds. The molecular weight excluding hydrogens is 280 g/mol. The summed E-state index contributed by atoms with van der Waals surface area (Å²) in [5.41, 5.74) is 2.52. The summed E-state index contributed by atoms with van der Waals surface area (Å²) >= 11 is 0. The molecule has 22 heavy (non-hydrogen) atoms. The van der Waals surface area contributed by atoms with Gasteiger partial charge < -0.3 is 4.74 Å². The Labute approximate surface area is 126 Å². The van der Waals surface area contributed by atoms with Crippen molar-refractivity contribution in [2.45, 2.75) is 6.92 Å². The minimum atomic E-state index is -0.613. The van der Waals surface area contributed by atoms with E-state index in [9.17, 15) is 9.59 Å². The number of ketones is 1. The monoisotopic (exact) mass is 294 g/mol. The molecule has 2 aromatic carbocycles. The molecule has 0 atom stereocenters. The number of nitrogens with one attached hydrogen (secondary N) is 1. The zero-order valence-electron chi connectivity index (χ0n) is 12.0. The molecular formula is C17H14N2O3. The first-order chi connectivity index (χ1) is 10.6. The lowest BCUT2D eigenvalue weighted by molar-refractivity contribution is 0.0471. The number of benzene rings is 2. The second-order valence-electron chi connectivity index (χ2n) is 4.98. The van der Waals surface area contributed by atoms with Crippen LogP contribution in [0, 0.1) is 6.92 Å². The number of H-pyrrole nitrogens is 1. The minimum absolute atomic E-state index is 0.187. The van der Waals surface area contributed by atoms with Crippen molar-refractivity contribution in [2.75, 3.05) is 6.61 Å². The fourth-order valence-corrected chi connectivity index (χ4v) is 2.14. The van der Waals surface area contributed by atoms with E-state index in [1.807, 2.05) is 37.3 Å². The average molecular weight is 294 g/mol. The number of para-hydroxylation sites is 1. The first kappa shape index (κ1) is 14.0. The molecule has 3 rings (SSSR count). The fourth-order valence-electron chi connectivity index (χ4n) is 2.14. The first-order valence-electron chi connectivity index (χ1n) is 6.85. The van der Waals surface area contributed by atoms with E-state index >= 15 is 0 Å². The quantitative estimate of drug-likeness (QED) is 0.593. The third-order valence-corrected chi connectivity index (χ3v) is 3.37. The number of hydrogen-bond donors (Lipinski definition) is 1. The van der Waals surface area contributed by atoms with Crippen molar-refractivity contribution in [3.63, 3.8) is 0 Å². The molecule has 1 aromatic heterocycles. The zero-order chi connectivity index (χ0) is 15.5. The van der Waals surface area contributed by atoms with E-state index < -0.39 is 5.97 Å². The number of esters is 1. The van der Waals surface area contributed by atoms with Crippen molar-refractivity contribution in [3.05, 3.63) is 65.4 Å². The van der Waals surface area contributed by atoms with Gasteiger partial charge in [-0.05, 0) is 13.0 Å². The van der Waals surface area contributed by atoms with E-state index in [0.717, 1.165) is 11.1 Å². The molecule has 3 aromatic rings. The van der Waals surface area contributed by atoms with Crippen LogP contribution >= 0.6 is 0 Å². The van der Waals surface area contributed by atoms with Gasteiger partial charge in [0.2, 0.25) is 0 Å². The molecule has 0 saturated carbocycles. The van der Waals surface area contributed by atoms with Gasteiger partial charge in [0.05, 0.1) is 5.52 Å². The van der Waals surface area contributed by atoms with Crippen LogP contribution in [0.15, 0.2) is 48.5 Å². The molecule has 0 aliphatic carbocycles. The van der Waals surface area contributed by atoms with Crippen molar-refractivity contribution >= 4 is 22.7 Å². The minimum Gasteiger partial charge on any atom is -0.452 e. The number of aryl methyl sites for hydroxylation is 1. The number of carbonyl (C=O) groups is 2. The summed E-state index contributed by atoms with van der Waals surface area (Å²) in [7, 11) is 0. The van der Waals surface area contributed by atoms with Crippen molar-refractivity contribution < 1.29 is 14.3 Å². The number of aromatic nitrogens is 2. The van der Waals surface area contributed by atoms with Crippen molar-refractivity contribution in [2.24, 2.45) is 0 Å². The second kappa shape index (κ2) is 5.81. The van der Waals surface area contributed by atoms with E-state index in [1.165, 1.54) is 0 Å². The molecule has 0 spiro atoms. The second-order valence-corrected chi connectivity index (χ2v) is 4.98. The van der Waals surface area contributed by atoms with E-state index in [2.05, 4.69) is 10.2 Å². The maximum absolute atomic E-state index is 12.1. The summed E-state index contributed by atoms with van der Waals surface area (Å²) in [6.07, 6.45) is 0. The predicted molar refractivity (Wildman–Crippen MR) is 81.9 cm³/mol. The lowest BCUT2D eigenvalue weighted by atomic mass is 10.1. The summed E-state index contributed by atoms with van der Waals surface area (Å²) in [6, 6.07) is 14.4. The molecule has 0 saturated heterocycles. The van der Waals surface area contributed by atoms with Crippen LogP contribution in [0.25, 0.3) is 10.9 Å². The Morgan fingerprint density at radius 3 is 2.59 bits per heavy atom. The van der Waals surface area contributed by atoms with E-state index in [0.29, 0.717) is 10.9 Å². The Kier molecular flexibility index (Phi) is 3.70. The highest BCUT2D eigenvalue weighted by Crippen LogP contribution is 2.16. The lowest BCUT2D eigenvalue weighted by Crippen LogP contribution is -2.14. The summed E-state index contributed by atoms with van der Waals surface area (Å²) in [6.45, 7) is 1.64. The van der Waals surface area contributed by atoms with Crippen LogP contribution in [0.2, 0.25) is 0 Å². The number of carbonyl (C=O) groups excluding carboxylic acids is 2. The van der Waals surface area contributed by atoms with Crippen molar-refractivity contribution in [3.8, 4) is 0 Å². The van der Waals surface area contributed by atoms with Gasteiger partial charge in [-0.3, -0.25) is 9.89 Å². The van der Waals surface area contributed by atoms with Gasteiger partial charge in [0.1, 0.15) is 0 Å². The van der Waals surface area contributed by atoms with Crippen LogP contribution in [0.1, 0.15) is 26.4 Å². The number of Topliss-reactive ketones (excluding diaryl/α,β-unsaturated/α-hetero) is 1. The number of nitrogens with zero attached hydrogens (tertiary/aromatic N) is 1. The maximum atomic E-state index is 12.1. The first-order valence-corrected chi connectivity index (χ1v) is 6.85. The van der Waals surface area contributed by atoms with Gasteiger partial charge in [-0.25, -0.2) is 4.79 Å². The highest BCUT2D eigenvalue weighted by atomic mass is 16.5. The van der Waals surface area contributed by atoms with Gasteiger partial charge in [0.15, 0.2) is 18.1 Å². The molecule has 110 valence electrons. The molecule has 0 fully saturated rings. The van der Waals surface area contributed by atoms with Crippen LogP contribution in [0.4, 0.5) is 0 Å². The molecule has 0 aliphatic heterocycles. The van der Waals surface area contributed by atoms with Gasteiger partial charge in [-0.1, -0.05) is 48.0 Å². The van der Waals surface area contributed by atoms with Crippen LogP contribution in [0.5, 0.6) is 0 Å². The zero-order valence-corrected chi connectivity index (χ0v) is 12.0. The van der Waals surface area contributed by atoms with Gasteiger partial charge in [-0.15, -0.1) is 0 Å². The summed E-state index contributed by atoms with van der Waals surface area (Å²) in [4.78, 5) is 24.0. The fraction of sp³-hybridized carbons (Fsp3) is 0.118. The maximum Gasteiger partial charge on any atom is 0.359 e. The Morgan fingerprint density at radius 1 is 1.09 bits per heavy atom. The summed E-state index contributed by atoms with van der Waals surface area (Å²) in [5, 5.41) is 7.38. The van der Waals surface area contributed by atoms with Crippen LogP contribution in [-0.2, 0) is 4.74 Å². The smallest absolute Gasteiger partial charge is 0.359 e. The number of fused-ring (bicyclic) bond motifs is 1. The lowest BCUT2D eigenvalue weighted by Gasteiger charge is -2.03. The highest BCUT2D eigenvalue weighted by molar-refractivity contribution is 6.03. The van der Waals surface area contributed by atoms with Crippen LogP contribution in [0.3, 0.4) is 0 Å². The molecule has 0 aliphatic rings. The third kappa shape index (κ3) is 2.74. The molecule has 5 nitrogen and oxygen atoms in total. The highest BCUT2D eigenvalue weighted by Gasteiger charge is 2.17. The van der Waals surface area contributed by atoms with E-state index in [1.54, 1.807) is 18.2 Å². The molecule has 0 unspecified atom stereocenters. The standard InChI is InChI=1S/C17H14N2O3/c1-11-6-8-12(9-7-11)15(20)10-22-17(21)16-13-4-2-3-5-14(13)18-19-16/h2-9H,10H2,1H3,(H,18,19). The number of ether oxygens (including phenoxy) is 1. The van der Waals surface area contributed by atoms with Gasteiger partial charge >= 0.3 is 5.97 Å². The van der Waals surface area contributed by atoms with Gasteiger partial charge in [-0.2, -0.15) is 5.10 Å². The van der Waals surface area contributed by atoms with Crippen molar-refractivity contribution in [1.29, 1.82) is 0 Å². The largest absolute Gasteiger partial charge is 0.452 e. The normalized spacial score (nSPS) is 10.6.